The van der Waals surface area contributed by atoms with Crippen molar-refractivity contribution in [2.24, 2.45) is 5.84 Å². The van der Waals surface area contributed by atoms with Gasteiger partial charge in [0.1, 0.15) is 0 Å². The molecule has 1 heterocycles. The van der Waals surface area contributed by atoms with Crippen LogP contribution in [-0.2, 0) is 6.42 Å². The molecule has 0 amide bonds. The number of hydrazine groups is 1. The molecule has 16 heavy (non-hydrogen) atoms. The number of nitrogens with two attached hydrogens (primary N) is 1. The zero-order chi connectivity index (χ0) is 12.0. The van der Waals surface area contributed by atoms with Gasteiger partial charge in [-0.25, -0.2) is 0 Å². The van der Waals surface area contributed by atoms with Crippen molar-refractivity contribution in [3.63, 3.8) is 0 Å². The third-order valence-corrected chi connectivity index (χ3v) is 3.17. The molecule has 0 spiro atoms. The summed E-state index contributed by atoms with van der Waals surface area (Å²) in [5.41, 5.74) is 2.57. The second-order valence-electron chi connectivity index (χ2n) is 3.65. The van der Waals surface area contributed by atoms with Gasteiger partial charge in [-0.1, -0.05) is 6.07 Å². The van der Waals surface area contributed by atoms with E-state index in [9.17, 15) is 13.2 Å². The Hall–Kier alpha value is -0.590. The van der Waals surface area contributed by atoms with Crippen LogP contribution in [0.1, 0.15) is 24.1 Å². The first-order valence-corrected chi connectivity index (χ1v) is 5.94. The Kier molecular flexibility index (Phi) is 5.24. The Morgan fingerprint density at radius 1 is 1.44 bits per heavy atom. The Morgan fingerprint density at radius 3 is 2.69 bits per heavy atom. The van der Waals surface area contributed by atoms with Gasteiger partial charge < -0.3 is 0 Å². The maximum Gasteiger partial charge on any atom is 0.389 e. The second-order valence-corrected chi connectivity index (χ2v) is 4.69. The van der Waals surface area contributed by atoms with Crippen molar-refractivity contribution in [3.05, 3.63) is 22.4 Å². The summed E-state index contributed by atoms with van der Waals surface area (Å²) < 4.78 is 35.8. The van der Waals surface area contributed by atoms with Gasteiger partial charge in [-0.2, -0.15) is 13.2 Å². The minimum Gasteiger partial charge on any atom is -0.271 e. The smallest absolute Gasteiger partial charge is 0.271 e. The Balaban J connectivity index is 2.27. The van der Waals surface area contributed by atoms with Crippen molar-refractivity contribution in [3.8, 4) is 0 Å². The highest BCUT2D eigenvalue weighted by Gasteiger charge is 2.26. The van der Waals surface area contributed by atoms with Gasteiger partial charge in [0.05, 0.1) is 0 Å². The van der Waals surface area contributed by atoms with Crippen molar-refractivity contribution < 1.29 is 13.2 Å². The SMILES string of the molecule is NNC(CCCC(F)(F)F)Cc1cccs1. The van der Waals surface area contributed by atoms with Crippen molar-refractivity contribution in [1.29, 1.82) is 0 Å². The van der Waals surface area contributed by atoms with Crippen molar-refractivity contribution in [1.82, 2.24) is 5.43 Å². The van der Waals surface area contributed by atoms with Crippen molar-refractivity contribution in [2.45, 2.75) is 37.9 Å². The monoisotopic (exact) mass is 252 g/mol. The molecule has 0 aliphatic carbocycles. The van der Waals surface area contributed by atoms with Crippen LogP contribution in [0.15, 0.2) is 17.5 Å². The van der Waals surface area contributed by atoms with E-state index < -0.39 is 12.6 Å². The molecule has 0 aromatic carbocycles. The summed E-state index contributed by atoms with van der Waals surface area (Å²) >= 11 is 1.59. The molecular weight excluding hydrogens is 237 g/mol. The molecule has 2 nitrogen and oxygen atoms in total. The van der Waals surface area contributed by atoms with Gasteiger partial charge in [0, 0.05) is 17.3 Å². The predicted octanol–water partition coefficient (Wildman–Crippen LogP) is 2.86. The molecule has 0 saturated carbocycles. The summed E-state index contributed by atoms with van der Waals surface area (Å²) in [6, 6.07) is 3.79. The quantitative estimate of drug-likeness (QED) is 0.603. The molecule has 0 aliphatic rings. The minimum absolute atomic E-state index is 0.0824. The van der Waals surface area contributed by atoms with Crippen LogP contribution in [0.25, 0.3) is 0 Å². The highest BCUT2D eigenvalue weighted by molar-refractivity contribution is 7.09. The van der Waals surface area contributed by atoms with Crippen LogP contribution in [0.2, 0.25) is 0 Å². The van der Waals surface area contributed by atoms with Crippen LogP contribution in [-0.4, -0.2) is 12.2 Å². The van der Waals surface area contributed by atoms with Crippen LogP contribution in [0.5, 0.6) is 0 Å². The lowest BCUT2D eigenvalue weighted by Crippen LogP contribution is -2.36. The molecule has 0 radical (unpaired) electrons. The van der Waals surface area contributed by atoms with Crippen LogP contribution in [0, 0.1) is 0 Å². The van der Waals surface area contributed by atoms with Gasteiger partial charge in [-0.15, -0.1) is 11.3 Å². The van der Waals surface area contributed by atoms with E-state index in [-0.39, 0.29) is 12.5 Å². The van der Waals surface area contributed by atoms with Crippen LogP contribution < -0.4 is 11.3 Å². The minimum atomic E-state index is -4.07. The average molecular weight is 252 g/mol. The number of hydrogen-bond donors (Lipinski definition) is 2. The van der Waals surface area contributed by atoms with E-state index >= 15 is 0 Å². The fourth-order valence-electron chi connectivity index (χ4n) is 1.46. The van der Waals surface area contributed by atoms with Gasteiger partial charge in [0.2, 0.25) is 0 Å². The average Bonchev–Trinajstić information content (AvgIpc) is 2.67. The van der Waals surface area contributed by atoms with Gasteiger partial charge in [-0.05, 0) is 30.7 Å². The summed E-state index contributed by atoms with van der Waals surface area (Å²) in [7, 11) is 0. The lowest BCUT2D eigenvalue weighted by molar-refractivity contribution is -0.135. The number of halogens is 3. The Labute approximate surface area is 96.6 Å². The summed E-state index contributed by atoms with van der Waals surface area (Å²) in [6.45, 7) is 0. The largest absolute Gasteiger partial charge is 0.389 e. The van der Waals surface area contributed by atoms with Crippen LogP contribution in [0.3, 0.4) is 0 Å². The van der Waals surface area contributed by atoms with Crippen LogP contribution in [0.4, 0.5) is 13.2 Å². The highest BCUT2D eigenvalue weighted by Crippen LogP contribution is 2.23. The van der Waals surface area contributed by atoms with Gasteiger partial charge in [0.25, 0.3) is 0 Å². The molecule has 6 heteroatoms. The summed E-state index contributed by atoms with van der Waals surface area (Å²) in [5, 5.41) is 1.94. The maximum absolute atomic E-state index is 11.9. The van der Waals surface area contributed by atoms with E-state index in [0.717, 1.165) is 4.88 Å². The molecule has 0 bridgehead atoms. The lowest BCUT2D eigenvalue weighted by Gasteiger charge is -2.15. The number of alkyl halides is 3. The normalized spacial score (nSPS) is 14.0. The number of rotatable bonds is 6. The molecule has 0 saturated heterocycles. The fourth-order valence-corrected chi connectivity index (χ4v) is 2.25. The zero-order valence-corrected chi connectivity index (χ0v) is 9.57. The molecule has 1 rings (SSSR count). The van der Waals surface area contributed by atoms with Gasteiger partial charge >= 0.3 is 6.18 Å². The van der Waals surface area contributed by atoms with E-state index in [0.29, 0.717) is 12.8 Å². The summed E-state index contributed by atoms with van der Waals surface area (Å²) in [5.74, 6) is 5.31. The van der Waals surface area contributed by atoms with E-state index in [2.05, 4.69) is 5.43 Å². The molecule has 0 aliphatic heterocycles. The molecule has 1 unspecified atom stereocenters. The topological polar surface area (TPSA) is 38.0 Å². The van der Waals surface area contributed by atoms with E-state index in [1.807, 2.05) is 17.5 Å². The summed E-state index contributed by atoms with van der Waals surface area (Å²) in [6.07, 6.45) is -3.57. The highest BCUT2D eigenvalue weighted by atomic mass is 32.1. The Bertz CT molecular complexity index is 285. The first-order chi connectivity index (χ1) is 7.51. The summed E-state index contributed by atoms with van der Waals surface area (Å²) in [4.78, 5) is 1.13. The molecular formula is C10H15F3N2S. The first-order valence-electron chi connectivity index (χ1n) is 5.06. The van der Waals surface area contributed by atoms with Gasteiger partial charge in [-0.3, -0.25) is 11.3 Å². The van der Waals surface area contributed by atoms with E-state index in [1.165, 1.54) is 0 Å². The zero-order valence-electron chi connectivity index (χ0n) is 8.76. The van der Waals surface area contributed by atoms with Crippen molar-refractivity contribution >= 4 is 11.3 Å². The molecule has 1 atom stereocenters. The van der Waals surface area contributed by atoms with Gasteiger partial charge in [0.15, 0.2) is 0 Å². The lowest BCUT2D eigenvalue weighted by atomic mass is 10.1. The molecule has 1 aromatic rings. The van der Waals surface area contributed by atoms with Crippen LogP contribution >= 0.6 is 11.3 Å². The maximum atomic E-state index is 11.9. The van der Waals surface area contributed by atoms with Crippen molar-refractivity contribution in [2.75, 3.05) is 0 Å². The molecule has 1 aromatic heterocycles. The third kappa shape index (κ3) is 5.48. The molecule has 92 valence electrons. The first kappa shape index (κ1) is 13.5. The predicted molar refractivity (Wildman–Crippen MR) is 59.0 cm³/mol. The number of thiophene rings is 1. The third-order valence-electron chi connectivity index (χ3n) is 2.28. The molecule has 3 N–H and O–H groups in total. The van der Waals surface area contributed by atoms with E-state index in [4.69, 9.17) is 5.84 Å². The second kappa shape index (κ2) is 6.22. The standard InChI is InChI=1S/C10H15F3N2S/c11-10(12,13)5-1-3-8(15-14)7-9-4-2-6-16-9/h2,4,6,8,15H,1,3,5,7,14H2. The van der Waals surface area contributed by atoms with E-state index in [1.54, 1.807) is 11.3 Å². The molecule has 0 fully saturated rings. The Morgan fingerprint density at radius 2 is 2.19 bits per heavy atom. The number of nitrogens with one attached hydrogen (secondary N) is 1. The fraction of sp³-hybridized carbons (Fsp3) is 0.600. The number of hydrogen-bond acceptors (Lipinski definition) is 3.